The zero-order valence-electron chi connectivity index (χ0n) is 21.2. The van der Waals surface area contributed by atoms with E-state index < -0.39 is 10.3 Å². The monoisotopic (exact) mass is 590 g/mol. The Morgan fingerprint density at radius 1 is 1.19 bits per heavy atom. The number of methoxy groups -OCH3 is 1. The second-order valence-corrected chi connectivity index (χ2v) is 10.7. The number of rotatable bonds is 6. The van der Waals surface area contributed by atoms with Crippen molar-refractivity contribution in [2.75, 3.05) is 33.1 Å². The van der Waals surface area contributed by atoms with Crippen LogP contribution in [0.15, 0.2) is 24.3 Å². The number of hydrogen-bond donors (Lipinski definition) is 3. The summed E-state index contributed by atoms with van der Waals surface area (Å²) in [5, 5.41) is 13.9. The molecule has 1 aliphatic carbocycles. The maximum atomic E-state index is 11.9. The summed E-state index contributed by atoms with van der Waals surface area (Å²) in [6.45, 7) is 2.87. The third kappa shape index (κ3) is 6.83. The summed E-state index contributed by atoms with van der Waals surface area (Å²) in [5.74, 6) is 0.799. The maximum absolute atomic E-state index is 11.9. The minimum absolute atomic E-state index is 0. The fraction of sp³-hybridized carbons (Fsp3) is 0.440. The summed E-state index contributed by atoms with van der Waals surface area (Å²) >= 11 is 6.20. The molecular weight excluding hydrogens is 559 g/mol. The number of anilines is 1. The van der Waals surface area contributed by atoms with Crippen LogP contribution in [0.5, 0.6) is 11.5 Å². The van der Waals surface area contributed by atoms with Crippen molar-refractivity contribution < 1.29 is 18.3 Å². The molecule has 0 amide bonds. The van der Waals surface area contributed by atoms with Crippen molar-refractivity contribution >= 4 is 63.4 Å². The Kier molecular flexibility index (Phi) is 11.0. The molecule has 0 atom stereocenters. The average Bonchev–Trinajstić information content (AvgIpc) is 2.82. The van der Waals surface area contributed by atoms with Gasteiger partial charge < -0.3 is 25.0 Å². The van der Waals surface area contributed by atoms with Gasteiger partial charge in [-0.3, -0.25) is 0 Å². The summed E-state index contributed by atoms with van der Waals surface area (Å²) in [4.78, 5) is 10.1. The molecule has 3 aromatic rings. The van der Waals surface area contributed by atoms with Crippen LogP contribution in [-0.2, 0) is 10.3 Å². The van der Waals surface area contributed by atoms with Crippen molar-refractivity contribution in [1.82, 2.24) is 14.9 Å². The minimum Gasteiger partial charge on any atom is -0.503 e. The van der Waals surface area contributed by atoms with Gasteiger partial charge in [-0.25, -0.2) is 4.98 Å². The van der Waals surface area contributed by atoms with E-state index in [1.165, 1.54) is 7.11 Å². The molecule has 1 fully saturated rings. The second-order valence-electron chi connectivity index (χ2n) is 9.41. The van der Waals surface area contributed by atoms with Crippen molar-refractivity contribution in [3.05, 3.63) is 39.5 Å². The number of aromatic amines is 1. The molecule has 1 aromatic carbocycles. The lowest BCUT2D eigenvalue weighted by molar-refractivity contribution is 0.255. The fourth-order valence-corrected chi connectivity index (χ4v) is 5.61. The van der Waals surface area contributed by atoms with Gasteiger partial charge in [0.25, 0.3) is 0 Å². The molecule has 0 unspecified atom stereocenters. The first kappa shape index (κ1) is 31.1. The molecule has 8 nitrogen and oxygen atoms in total. The van der Waals surface area contributed by atoms with Gasteiger partial charge in [0.15, 0.2) is 16.1 Å². The van der Waals surface area contributed by atoms with E-state index in [9.17, 15) is 13.5 Å². The highest BCUT2D eigenvalue weighted by Gasteiger charge is 2.23. The first-order chi connectivity index (χ1) is 16.7. The molecule has 0 spiro atoms. The number of phenols is 1. The Hall–Kier alpha value is -2.17. The Morgan fingerprint density at radius 3 is 2.46 bits per heavy atom. The quantitative estimate of drug-likeness (QED) is 0.316. The maximum Gasteiger partial charge on any atom is 0.238 e. The first-order valence-corrected chi connectivity index (χ1v) is 13.1. The SMILES string of the molecule is COc1cc(-c2ccc3[nH]c(=S(=O)=O)c(C)c(NC4CCC(CN(C)C)CC4)c3n2)cc(Cl)c1O.Cl.Cl. The normalized spacial score (nSPS) is 17.1. The van der Waals surface area contributed by atoms with Gasteiger partial charge in [-0.1, -0.05) is 11.6 Å². The summed E-state index contributed by atoms with van der Waals surface area (Å²) < 4.78 is 29.3. The van der Waals surface area contributed by atoms with E-state index in [2.05, 4.69) is 29.3 Å². The molecule has 3 N–H and O–H groups in total. The topological polar surface area (TPSA) is 108 Å². The average molecular weight is 592 g/mol. The van der Waals surface area contributed by atoms with Crippen molar-refractivity contribution in [1.29, 1.82) is 0 Å². The van der Waals surface area contributed by atoms with E-state index in [0.717, 1.165) is 32.2 Å². The molecule has 0 bridgehead atoms. The summed E-state index contributed by atoms with van der Waals surface area (Å²) in [6, 6.07) is 7.12. The molecule has 4 rings (SSSR count). The Labute approximate surface area is 235 Å². The predicted molar refractivity (Wildman–Crippen MR) is 154 cm³/mol. The highest BCUT2D eigenvalue weighted by atomic mass is 35.5. The largest absolute Gasteiger partial charge is 0.503 e. The van der Waals surface area contributed by atoms with E-state index in [-0.39, 0.29) is 52.0 Å². The first-order valence-electron chi connectivity index (χ1n) is 11.6. The number of benzene rings is 1. The summed E-state index contributed by atoms with van der Waals surface area (Å²) in [7, 11) is 3.25. The molecule has 0 aliphatic heterocycles. The standard InChI is InChI=1S/C25H31ClN4O4S.2ClH/c1-14-22(27-17-7-5-15(6-8-17)13-30(2)3)23-20(29-25(14)35(32)33)10-9-19(28-23)16-11-18(26)24(31)21(12-16)34-4;;/h9-12,15,17,27,29,31H,5-8,13H2,1-4H3;2*1H. The second kappa shape index (κ2) is 13.1. The smallest absolute Gasteiger partial charge is 0.238 e. The molecule has 12 heteroatoms. The number of fused-ring (bicyclic) bond motifs is 1. The van der Waals surface area contributed by atoms with E-state index in [1.807, 2.05) is 0 Å². The zero-order chi connectivity index (χ0) is 25.3. The lowest BCUT2D eigenvalue weighted by Crippen LogP contribution is -2.31. The number of ether oxygens (including phenoxy) is 1. The van der Waals surface area contributed by atoms with Crippen LogP contribution in [0.25, 0.3) is 22.3 Å². The number of pyridine rings is 2. The molecule has 1 aliphatic rings. The van der Waals surface area contributed by atoms with Crippen LogP contribution in [0, 0.1) is 17.5 Å². The Morgan fingerprint density at radius 2 is 1.86 bits per heavy atom. The molecule has 0 saturated heterocycles. The predicted octanol–water partition coefficient (Wildman–Crippen LogP) is 5.69. The van der Waals surface area contributed by atoms with Crippen LogP contribution in [0.1, 0.15) is 31.2 Å². The van der Waals surface area contributed by atoms with Crippen molar-refractivity contribution in [3.8, 4) is 22.8 Å². The molecule has 204 valence electrons. The van der Waals surface area contributed by atoms with Gasteiger partial charge in [0.2, 0.25) is 10.3 Å². The third-order valence-corrected chi connectivity index (χ3v) is 7.65. The van der Waals surface area contributed by atoms with Crippen LogP contribution in [0.4, 0.5) is 5.69 Å². The minimum atomic E-state index is -2.42. The van der Waals surface area contributed by atoms with Gasteiger partial charge in [-0.15, -0.1) is 24.8 Å². The van der Waals surface area contributed by atoms with E-state index in [4.69, 9.17) is 21.3 Å². The highest BCUT2D eigenvalue weighted by molar-refractivity contribution is 7.63. The third-order valence-electron chi connectivity index (χ3n) is 6.63. The van der Waals surface area contributed by atoms with Crippen molar-refractivity contribution in [3.63, 3.8) is 0 Å². The molecule has 1 saturated carbocycles. The van der Waals surface area contributed by atoms with Gasteiger partial charge in [0, 0.05) is 23.7 Å². The summed E-state index contributed by atoms with van der Waals surface area (Å²) in [6.07, 6.45) is 4.27. The Balaban J connectivity index is 0.00000241. The van der Waals surface area contributed by atoms with Gasteiger partial charge >= 0.3 is 0 Å². The summed E-state index contributed by atoms with van der Waals surface area (Å²) in [5.41, 5.74) is 3.88. The lowest BCUT2D eigenvalue weighted by Gasteiger charge is -2.31. The number of nitrogens with zero attached hydrogens (tertiary/aromatic N) is 2. The highest BCUT2D eigenvalue weighted by Crippen LogP contribution is 2.39. The molecular formula is C25H33Cl3N4O4S. The molecule has 0 radical (unpaired) electrons. The zero-order valence-corrected chi connectivity index (χ0v) is 24.4. The van der Waals surface area contributed by atoms with Crippen molar-refractivity contribution in [2.24, 2.45) is 5.92 Å². The van der Waals surface area contributed by atoms with Crippen LogP contribution in [-0.4, -0.2) is 62.2 Å². The number of H-pyrrole nitrogens is 1. The van der Waals surface area contributed by atoms with Gasteiger partial charge in [-0.05, 0) is 76.9 Å². The molecule has 2 heterocycles. The van der Waals surface area contributed by atoms with Crippen LogP contribution < -0.4 is 10.1 Å². The Bertz CT molecular complexity index is 1430. The van der Waals surface area contributed by atoms with Gasteiger partial charge in [0.05, 0.1) is 29.0 Å². The number of phenolic OH excluding ortho intramolecular Hbond substituents is 1. The number of nitrogens with one attached hydrogen (secondary N) is 2. The fourth-order valence-electron chi connectivity index (χ4n) is 4.85. The molecule has 37 heavy (non-hydrogen) atoms. The number of aromatic nitrogens is 2. The van der Waals surface area contributed by atoms with E-state index >= 15 is 0 Å². The van der Waals surface area contributed by atoms with Gasteiger partial charge in [-0.2, -0.15) is 8.42 Å². The number of hydrogen-bond acceptors (Lipinski definition) is 7. The molecule has 2 aromatic heterocycles. The van der Waals surface area contributed by atoms with E-state index in [0.29, 0.717) is 39.5 Å². The van der Waals surface area contributed by atoms with Crippen LogP contribution in [0.3, 0.4) is 0 Å². The van der Waals surface area contributed by atoms with Gasteiger partial charge in [0.1, 0.15) is 5.52 Å². The van der Waals surface area contributed by atoms with E-state index in [1.54, 1.807) is 31.2 Å². The van der Waals surface area contributed by atoms with Crippen LogP contribution >= 0.6 is 36.4 Å². The van der Waals surface area contributed by atoms with Crippen LogP contribution in [0.2, 0.25) is 5.02 Å². The number of aromatic hydroxyl groups is 1. The van der Waals surface area contributed by atoms with Crippen molar-refractivity contribution in [2.45, 2.75) is 38.6 Å². The number of halogens is 3. The lowest BCUT2D eigenvalue weighted by atomic mass is 9.85.